The largest absolute Gasteiger partial charge is 0.465 e. The Morgan fingerprint density at radius 1 is 1.25 bits per heavy atom. The van der Waals surface area contributed by atoms with E-state index in [9.17, 15) is 9.59 Å². The van der Waals surface area contributed by atoms with Crippen LogP contribution >= 0.6 is 0 Å². The van der Waals surface area contributed by atoms with Crippen LogP contribution in [0, 0.1) is 0 Å². The Morgan fingerprint density at radius 3 is 2.38 bits per heavy atom. The minimum absolute atomic E-state index is 0.0568. The number of hydrogen-bond acceptors (Lipinski definition) is 5. The number of aliphatic hydroxyl groups excluding tert-OH is 1. The lowest BCUT2D eigenvalue weighted by Gasteiger charge is -2.03. The van der Waals surface area contributed by atoms with Crippen LogP contribution in [0.15, 0.2) is 24.3 Å². The van der Waals surface area contributed by atoms with Gasteiger partial charge >= 0.3 is 11.9 Å². The number of rotatable bonds is 4. The van der Waals surface area contributed by atoms with Crippen molar-refractivity contribution in [3.8, 4) is 5.75 Å². The van der Waals surface area contributed by atoms with Crippen molar-refractivity contribution in [1.29, 1.82) is 0 Å². The number of ether oxygens (including phenoxy) is 2. The van der Waals surface area contributed by atoms with Gasteiger partial charge in [0.15, 0.2) is 0 Å². The Morgan fingerprint density at radius 2 is 1.88 bits per heavy atom. The second kappa shape index (κ2) is 5.87. The van der Waals surface area contributed by atoms with Gasteiger partial charge in [-0.1, -0.05) is 0 Å². The summed E-state index contributed by atoms with van der Waals surface area (Å²) in [5.41, 5.74) is 0.379. The third-order valence-electron chi connectivity index (χ3n) is 1.82. The van der Waals surface area contributed by atoms with Crippen molar-refractivity contribution in [2.75, 3.05) is 13.7 Å². The summed E-state index contributed by atoms with van der Waals surface area (Å²) in [6, 6.07) is 5.96. The van der Waals surface area contributed by atoms with Crippen molar-refractivity contribution in [2.45, 2.75) is 6.42 Å². The zero-order chi connectivity index (χ0) is 12.0. The van der Waals surface area contributed by atoms with Crippen LogP contribution in [0.4, 0.5) is 0 Å². The zero-order valence-electron chi connectivity index (χ0n) is 8.80. The highest BCUT2D eigenvalue weighted by Crippen LogP contribution is 2.13. The Kier molecular flexibility index (Phi) is 4.47. The molecule has 5 nitrogen and oxygen atoms in total. The van der Waals surface area contributed by atoms with Crippen LogP contribution in [0.1, 0.15) is 16.8 Å². The predicted molar refractivity (Wildman–Crippen MR) is 55.1 cm³/mol. The van der Waals surface area contributed by atoms with Gasteiger partial charge in [-0.2, -0.15) is 0 Å². The molecular formula is C11H12O5. The first-order valence-corrected chi connectivity index (χ1v) is 4.67. The molecule has 0 aliphatic carbocycles. The second-order valence-corrected chi connectivity index (χ2v) is 2.96. The molecule has 1 N–H and O–H groups in total. The minimum atomic E-state index is -0.520. The van der Waals surface area contributed by atoms with Crippen molar-refractivity contribution in [2.24, 2.45) is 0 Å². The Bertz CT molecular complexity index is 368. The summed E-state index contributed by atoms with van der Waals surface area (Å²) >= 11 is 0. The van der Waals surface area contributed by atoms with Gasteiger partial charge in [0.1, 0.15) is 5.75 Å². The molecule has 0 unspecified atom stereocenters. The number of aliphatic hydroxyl groups is 1. The van der Waals surface area contributed by atoms with Gasteiger partial charge in [0.2, 0.25) is 0 Å². The summed E-state index contributed by atoms with van der Waals surface area (Å²) < 4.78 is 9.39. The molecule has 5 heteroatoms. The van der Waals surface area contributed by atoms with Crippen molar-refractivity contribution in [1.82, 2.24) is 0 Å². The van der Waals surface area contributed by atoms with Gasteiger partial charge in [0.05, 0.1) is 25.7 Å². The fourth-order valence-corrected chi connectivity index (χ4v) is 1.05. The van der Waals surface area contributed by atoms with Crippen molar-refractivity contribution in [3.63, 3.8) is 0 Å². The molecule has 86 valence electrons. The normalized spacial score (nSPS) is 9.62. The van der Waals surface area contributed by atoms with E-state index in [1.54, 1.807) is 0 Å². The Hall–Kier alpha value is -1.88. The van der Waals surface area contributed by atoms with E-state index >= 15 is 0 Å². The first-order valence-electron chi connectivity index (χ1n) is 4.67. The van der Waals surface area contributed by atoms with Gasteiger partial charge in [0, 0.05) is 0 Å². The summed E-state index contributed by atoms with van der Waals surface area (Å²) in [5, 5.41) is 8.50. The van der Waals surface area contributed by atoms with Crippen LogP contribution in [0.25, 0.3) is 0 Å². The molecule has 1 aromatic carbocycles. The molecule has 1 aromatic rings. The van der Waals surface area contributed by atoms with Gasteiger partial charge in [-0.05, 0) is 24.3 Å². The van der Waals surface area contributed by atoms with Crippen LogP contribution in [-0.4, -0.2) is 30.8 Å². The van der Waals surface area contributed by atoms with Crippen LogP contribution in [-0.2, 0) is 9.53 Å². The average molecular weight is 224 g/mol. The molecule has 0 saturated carbocycles. The Labute approximate surface area is 92.6 Å². The lowest BCUT2D eigenvalue weighted by molar-refractivity contribution is -0.135. The van der Waals surface area contributed by atoms with Crippen LogP contribution in [0.5, 0.6) is 5.75 Å². The summed E-state index contributed by atoms with van der Waals surface area (Å²) in [5.74, 6) is -0.646. The molecule has 0 spiro atoms. The molecule has 0 fully saturated rings. The molecule has 0 radical (unpaired) electrons. The van der Waals surface area contributed by atoms with E-state index in [4.69, 9.17) is 9.84 Å². The van der Waals surface area contributed by atoms with E-state index in [0.717, 1.165) is 0 Å². The average Bonchev–Trinajstić information content (AvgIpc) is 2.29. The molecule has 0 aliphatic rings. The number of esters is 2. The van der Waals surface area contributed by atoms with Crippen LogP contribution in [0.3, 0.4) is 0 Å². The topological polar surface area (TPSA) is 72.8 Å². The highest BCUT2D eigenvalue weighted by atomic mass is 16.5. The maximum Gasteiger partial charge on any atom is 0.337 e. The quantitative estimate of drug-likeness (QED) is 0.603. The molecule has 0 aliphatic heterocycles. The van der Waals surface area contributed by atoms with Crippen LogP contribution in [0.2, 0.25) is 0 Å². The van der Waals surface area contributed by atoms with E-state index in [2.05, 4.69) is 4.74 Å². The number of benzene rings is 1. The van der Waals surface area contributed by atoms with E-state index in [-0.39, 0.29) is 13.0 Å². The molecule has 0 heterocycles. The number of hydrogen-bond donors (Lipinski definition) is 1. The third kappa shape index (κ3) is 3.36. The molecule has 0 amide bonds. The second-order valence-electron chi connectivity index (χ2n) is 2.96. The lowest BCUT2D eigenvalue weighted by atomic mass is 10.2. The predicted octanol–water partition coefficient (Wildman–Crippen LogP) is 0.761. The van der Waals surface area contributed by atoms with Gasteiger partial charge in [0.25, 0.3) is 0 Å². The van der Waals surface area contributed by atoms with E-state index in [1.807, 2.05) is 0 Å². The monoisotopic (exact) mass is 224 g/mol. The lowest BCUT2D eigenvalue weighted by Crippen LogP contribution is -2.09. The smallest absolute Gasteiger partial charge is 0.337 e. The van der Waals surface area contributed by atoms with E-state index in [1.165, 1.54) is 31.4 Å². The molecular weight excluding hydrogens is 212 g/mol. The fraction of sp³-hybridized carbons (Fsp3) is 0.273. The molecule has 0 bridgehead atoms. The van der Waals surface area contributed by atoms with Gasteiger partial charge in [-0.3, -0.25) is 4.79 Å². The zero-order valence-corrected chi connectivity index (χ0v) is 8.80. The van der Waals surface area contributed by atoms with Crippen molar-refractivity contribution in [3.05, 3.63) is 29.8 Å². The summed E-state index contributed by atoms with van der Waals surface area (Å²) in [6.07, 6.45) is -0.0568. The summed E-state index contributed by atoms with van der Waals surface area (Å²) in [4.78, 5) is 22.1. The minimum Gasteiger partial charge on any atom is -0.465 e. The maximum absolute atomic E-state index is 11.1. The number of carbonyl (C=O) groups is 2. The SMILES string of the molecule is COC(=O)c1ccc(OC(=O)CCO)cc1. The number of carbonyl (C=O) groups excluding carboxylic acids is 2. The van der Waals surface area contributed by atoms with E-state index < -0.39 is 11.9 Å². The van der Waals surface area contributed by atoms with E-state index in [0.29, 0.717) is 11.3 Å². The van der Waals surface area contributed by atoms with Crippen molar-refractivity contribution < 1.29 is 24.2 Å². The fourth-order valence-electron chi connectivity index (χ4n) is 1.05. The first-order chi connectivity index (χ1) is 7.67. The van der Waals surface area contributed by atoms with Crippen molar-refractivity contribution >= 4 is 11.9 Å². The number of methoxy groups -OCH3 is 1. The Balaban J connectivity index is 2.64. The van der Waals surface area contributed by atoms with Gasteiger partial charge in [-0.25, -0.2) is 4.79 Å². The molecule has 0 saturated heterocycles. The summed E-state index contributed by atoms with van der Waals surface area (Å²) in [7, 11) is 1.29. The van der Waals surface area contributed by atoms with Crippen LogP contribution < -0.4 is 4.74 Å². The van der Waals surface area contributed by atoms with Gasteiger partial charge in [-0.15, -0.1) is 0 Å². The molecule has 16 heavy (non-hydrogen) atoms. The van der Waals surface area contributed by atoms with Gasteiger partial charge < -0.3 is 14.6 Å². The highest BCUT2D eigenvalue weighted by Gasteiger charge is 2.07. The molecule has 0 aromatic heterocycles. The first kappa shape index (κ1) is 12.2. The standard InChI is InChI=1S/C11H12O5/c1-15-11(14)8-2-4-9(5-3-8)16-10(13)6-7-12/h2-5,12H,6-7H2,1H3. The summed E-state index contributed by atoms with van der Waals surface area (Å²) in [6.45, 7) is -0.251. The molecule has 0 atom stereocenters. The third-order valence-corrected chi connectivity index (χ3v) is 1.82. The highest BCUT2D eigenvalue weighted by molar-refractivity contribution is 5.89. The maximum atomic E-state index is 11.1. The molecule has 1 rings (SSSR count).